The van der Waals surface area contributed by atoms with Crippen LogP contribution >= 0.6 is 11.3 Å². The molecule has 1 aromatic heterocycles. The molecular weight excluding hydrogens is 248 g/mol. The fourth-order valence-electron chi connectivity index (χ4n) is 2.18. The number of ether oxygens (including phenoxy) is 2. The van der Waals surface area contributed by atoms with Crippen molar-refractivity contribution >= 4 is 17.3 Å². The van der Waals surface area contributed by atoms with Gasteiger partial charge in [-0.1, -0.05) is 36.4 Å². The van der Waals surface area contributed by atoms with Gasteiger partial charge in [0.05, 0.1) is 7.11 Å². The van der Waals surface area contributed by atoms with E-state index in [1.807, 2.05) is 47.8 Å². The van der Waals surface area contributed by atoms with Gasteiger partial charge in [0.15, 0.2) is 0 Å². The Kier molecular flexibility index (Phi) is 2.69. The van der Waals surface area contributed by atoms with E-state index in [2.05, 4.69) is 0 Å². The molecule has 0 aliphatic carbocycles. The SMILES string of the molecule is COC(=O)[C@@]1(c2ccccc2)O[C@H]1c1cccs1. The van der Waals surface area contributed by atoms with E-state index in [-0.39, 0.29) is 12.1 Å². The van der Waals surface area contributed by atoms with Crippen LogP contribution < -0.4 is 0 Å². The average molecular weight is 260 g/mol. The van der Waals surface area contributed by atoms with Crippen molar-refractivity contribution in [2.24, 2.45) is 0 Å². The summed E-state index contributed by atoms with van der Waals surface area (Å²) in [5.41, 5.74) is -0.115. The van der Waals surface area contributed by atoms with Crippen molar-refractivity contribution in [2.45, 2.75) is 11.7 Å². The van der Waals surface area contributed by atoms with Gasteiger partial charge in [-0.2, -0.15) is 0 Å². The van der Waals surface area contributed by atoms with Crippen LogP contribution in [-0.4, -0.2) is 13.1 Å². The second kappa shape index (κ2) is 4.23. The van der Waals surface area contributed by atoms with Crippen LogP contribution in [0.4, 0.5) is 0 Å². The topological polar surface area (TPSA) is 38.8 Å². The third-order valence-corrected chi connectivity index (χ3v) is 4.02. The molecule has 0 bridgehead atoms. The van der Waals surface area contributed by atoms with Crippen molar-refractivity contribution in [3.05, 3.63) is 58.3 Å². The fourth-order valence-corrected chi connectivity index (χ4v) is 2.99. The number of methoxy groups -OCH3 is 1. The predicted molar refractivity (Wildman–Crippen MR) is 68.3 cm³/mol. The average Bonchev–Trinajstić information content (AvgIpc) is 2.96. The van der Waals surface area contributed by atoms with Gasteiger partial charge in [-0.05, 0) is 17.0 Å². The Morgan fingerprint density at radius 3 is 2.67 bits per heavy atom. The quantitative estimate of drug-likeness (QED) is 0.629. The van der Waals surface area contributed by atoms with E-state index in [0.717, 1.165) is 10.4 Å². The first-order valence-electron chi connectivity index (χ1n) is 5.64. The number of esters is 1. The Hall–Kier alpha value is -1.65. The van der Waals surface area contributed by atoms with E-state index in [9.17, 15) is 4.79 Å². The minimum Gasteiger partial charge on any atom is -0.467 e. The molecule has 0 amide bonds. The van der Waals surface area contributed by atoms with E-state index in [1.54, 1.807) is 11.3 Å². The second-order valence-electron chi connectivity index (χ2n) is 4.11. The van der Waals surface area contributed by atoms with Crippen molar-refractivity contribution in [3.63, 3.8) is 0 Å². The Bertz CT molecular complexity index is 550. The van der Waals surface area contributed by atoms with Crippen LogP contribution in [0.25, 0.3) is 0 Å². The Balaban J connectivity index is 2.01. The summed E-state index contributed by atoms with van der Waals surface area (Å²) >= 11 is 1.59. The molecule has 1 saturated heterocycles. The molecule has 2 atom stereocenters. The van der Waals surface area contributed by atoms with Gasteiger partial charge in [-0.3, -0.25) is 0 Å². The molecule has 3 nitrogen and oxygen atoms in total. The highest BCUT2D eigenvalue weighted by molar-refractivity contribution is 7.10. The van der Waals surface area contributed by atoms with Gasteiger partial charge < -0.3 is 9.47 Å². The number of carbonyl (C=O) groups is 1. The van der Waals surface area contributed by atoms with E-state index >= 15 is 0 Å². The zero-order valence-electron chi connectivity index (χ0n) is 9.83. The number of thiophene rings is 1. The standard InChI is InChI=1S/C14H12O3S/c1-16-13(15)14(10-6-3-2-4-7-10)12(17-14)11-8-5-9-18-11/h2-9,12H,1H3/t12-,14-/m0/s1. The number of hydrogen-bond acceptors (Lipinski definition) is 4. The molecule has 2 aromatic rings. The summed E-state index contributed by atoms with van der Waals surface area (Å²) in [6.45, 7) is 0. The number of epoxide rings is 1. The zero-order chi connectivity index (χ0) is 12.6. The van der Waals surface area contributed by atoms with Gasteiger partial charge in [-0.15, -0.1) is 11.3 Å². The Morgan fingerprint density at radius 1 is 1.28 bits per heavy atom. The van der Waals surface area contributed by atoms with Crippen LogP contribution in [0.5, 0.6) is 0 Å². The van der Waals surface area contributed by atoms with Crippen LogP contribution in [0.2, 0.25) is 0 Å². The van der Waals surface area contributed by atoms with Gasteiger partial charge in [0.25, 0.3) is 0 Å². The normalized spacial score (nSPS) is 25.7. The maximum absolute atomic E-state index is 12.1. The molecule has 0 N–H and O–H groups in total. The van der Waals surface area contributed by atoms with Crippen LogP contribution in [0.1, 0.15) is 16.5 Å². The van der Waals surface area contributed by atoms with Gasteiger partial charge in [0, 0.05) is 4.88 Å². The van der Waals surface area contributed by atoms with Gasteiger partial charge in [-0.25, -0.2) is 4.79 Å². The molecule has 92 valence electrons. The second-order valence-corrected chi connectivity index (χ2v) is 5.09. The van der Waals surface area contributed by atoms with E-state index in [4.69, 9.17) is 9.47 Å². The molecule has 0 saturated carbocycles. The minimum atomic E-state index is -0.957. The van der Waals surface area contributed by atoms with Crippen molar-refractivity contribution in [1.82, 2.24) is 0 Å². The first-order valence-corrected chi connectivity index (χ1v) is 6.52. The lowest BCUT2D eigenvalue weighted by Gasteiger charge is -2.10. The van der Waals surface area contributed by atoms with Crippen molar-refractivity contribution in [3.8, 4) is 0 Å². The van der Waals surface area contributed by atoms with Gasteiger partial charge in [0.2, 0.25) is 5.60 Å². The zero-order valence-corrected chi connectivity index (χ0v) is 10.6. The molecule has 0 unspecified atom stereocenters. The smallest absolute Gasteiger partial charge is 0.346 e. The molecule has 1 aliphatic rings. The van der Waals surface area contributed by atoms with Crippen LogP contribution in [-0.2, 0) is 19.9 Å². The predicted octanol–water partition coefficient (Wildman–Crippen LogP) is 2.89. The van der Waals surface area contributed by atoms with E-state index < -0.39 is 5.60 Å². The molecule has 1 fully saturated rings. The highest BCUT2D eigenvalue weighted by atomic mass is 32.1. The fraction of sp³-hybridized carbons (Fsp3) is 0.214. The summed E-state index contributed by atoms with van der Waals surface area (Å²) in [5.74, 6) is -0.341. The molecule has 0 spiro atoms. The van der Waals surface area contributed by atoms with Crippen molar-refractivity contribution in [1.29, 1.82) is 0 Å². The molecular formula is C14H12O3S. The van der Waals surface area contributed by atoms with E-state index in [1.165, 1.54) is 7.11 Å². The molecule has 1 aliphatic heterocycles. The number of carbonyl (C=O) groups excluding carboxylic acids is 1. The maximum Gasteiger partial charge on any atom is 0.346 e. The Morgan fingerprint density at radius 2 is 2.06 bits per heavy atom. The van der Waals surface area contributed by atoms with Crippen LogP contribution in [0.3, 0.4) is 0 Å². The first-order chi connectivity index (χ1) is 8.79. The third kappa shape index (κ3) is 1.57. The van der Waals surface area contributed by atoms with Gasteiger partial charge in [0.1, 0.15) is 6.10 Å². The summed E-state index contributed by atoms with van der Waals surface area (Å²) in [7, 11) is 1.39. The summed E-state index contributed by atoms with van der Waals surface area (Å²) in [6.07, 6.45) is -0.229. The highest BCUT2D eigenvalue weighted by Crippen LogP contribution is 2.58. The lowest BCUT2D eigenvalue weighted by molar-refractivity contribution is -0.147. The van der Waals surface area contributed by atoms with Crippen molar-refractivity contribution in [2.75, 3.05) is 7.11 Å². The first kappa shape index (κ1) is 11.4. The third-order valence-electron chi connectivity index (χ3n) is 3.11. The molecule has 4 heteroatoms. The number of benzene rings is 1. The monoisotopic (exact) mass is 260 g/mol. The lowest BCUT2D eigenvalue weighted by atomic mass is 9.94. The number of hydrogen-bond donors (Lipinski definition) is 0. The lowest BCUT2D eigenvalue weighted by Crippen LogP contribution is -2.24. The molecule has 18 heavy (non-hydrogen) atoms. The molecule has 0 radical (unpaired) electrons. The highest BCUT2D eigenvalue weighted by Gasteiger charge is 2.66. The summed E-state index contributed by atoms with van der Waals surface area (Å²) < 4.78 is 10.6. The summed E-state index contributed by atoms with van der Waals surface area (Å²) in [5, 5.41) is 1.98. The van der Waals surface area contributed by atoms with Crippen LogP contribution in [0, 0.1) is 0 Å². The molecule has 3 rings (SSSR count). The largest absolute Gasteiger partial charge is 0.467 e. The molecule has 2 heterocycles. The maximum atomic E-state index is 12.1. The number of rotatable bonds is 3. The van der Waals surface area contributed by atoms with E-state index in [0.29, 0.717) is 0 Å². The van der Waals surface area contributed by atoms with Gasteiger partial charge >= 0.3 is 5.97 Å². The van der Waals surface area contributed by atoms with Crippen LogP contribution in [0.15, 0.2) is 47.8 Å². The summed E-state index contributed by atoms with van der Waals surface area (Å²) in [4.78, 5) is 13.1. The Labute approximate surface area is 109 Å². The summed E-state index contributed by atoms with van der Waals surface area (Å²) in [6, 6.07) is 13.4. The van der Waals surface area contributed by atoms with Crippen molar-refractivity contribution < 1.29 is 14.3 Å². The minimum absolute atomic E-state index is 0.229. The molecule has 1 aromatic carbocycles.